The topological polar surface area (TPSA) is 84.7 Å². The summed E-state index contributed by atoms with van der Waals surface area (Å²) in [7, 11) is 0. The number of hydrogen-bond acceptors (Lipinski definition) is 5. The molecule has 0 bridgehead atoms. The fourth-order valence-electron chi connectivity index (χ4n) is 3.51. The quantitative estimate of drug-likeness (QED) is 0.648. The van der Waals surface area contributed by atoms with Crippen LogP contribution in [0, 0.1) is 0 Å². The molecule has 0 aromatic heterocycles. The predicted octanol–water partition coefficient (Wildman–Crippen LogP) is 4.74. The van der Waals surface area contributed by atoms with E-state index in [0.717, 1.165) is 53.2 Å². The van der Waals surface area contributed by atoms with E-state index in [1.54, 1.807) is 0 Å². The maximum Gasteiger partial charge on any atom is 0.250 e. The first-order valence-electron chi connectivity index (χ1n) is 9.99. The van der Waals surface area contributed by atoms with E-state index < -0.39 is 0 Å². The number of hydrogen-bond donors (Lipinski definition) is 2. The molecule has 1 aliphatic heterocycles. The number of fused-ring (bicyclic) bond motifs is 1. The van der Waals surface area contributed by atoms with Gasteiger partial charge in [0.25, 0.3) is 0 Å². The molecular formula is C23H28N4OS. The summed E-state index contributed by atoms with van der Waals surface area (Å²) >= 11 is 1.22. The molecule has 0 atom stereocenters. The van der Waals surface area contributed by atoms with Gasteiger partial charge < -0.3 is 10.6 Å². The highest BCUT2D eigenvalue weighted by atomic mass is 32.2. The maximum atomic E-state index is 13.1. The van der Waals surface area contributed by atoms with Crippen LogP contribution in [0.4, 0.5) is 5.69 Å². The van der Waals surface area contributed by atoms with Crippen molar-refractivity contribution in [1.82, 2.24) is 4.90 Å². The van der Waals surface area contributed by atoms with Gasteiger partial charge in [0.2, 0.25) is 5.91 Å². The lowest BCUT2D eigenvalue weighted by Gasteiger charge is -2.22. The molecule has 2 aromatic carbocycles. The van der Waals surface area contributed by atoms with Crippen LogP contribution in [0.25, 0.3) is 17.2 Å². The van der Waals surface area contributed by atoms with Crippen LogP contribution in [0.1, 0.15) is 38.7 Å². The van der Waals surface area contributed by atoms with E-state index in [1.807, 2.05) is 53.4 Å². The van der Waals surface area contributed by atoms with Crippen LogP contribution >= 0.6 is 11.9 Å². The molecule has 29 heavy (non-hydrogen) atoms. The van der Waals surface area contributed by atoms with Crippen molar-refractivity contribution in [2.75, 3.05) is 13.1 Å². The standard InChI is InChI=1S/C23H28N4OS/c1-3-10-27(11-4-2)23(28)19-12-18-9-8-17(14-21(18)26-22(24)15-19)16-6-5-7-20(13-16)29-25/h5-9,12-14H,3-4,10-11,15,25H2,1-2H3,(H2,24,26). The zero-order valence-electron chi connectivity index (χ0n) is 17.0. The summed E-state index contributed by atoms with van der Waals surface area (Å²) in [5.74, 6) is 0.510. The Balaban J connectivity index is 1.97. The number of carbonyl (C=O) groups is 1. The van der Waals surface area contributed by atoms with Crippen LogP contribution < -0.4 is 10.9 Å². The normalized spacial score (nSPS) is 13.2. The van der Waals surface area contributed by atoms with Gasteiger partial charge in [-0.3, -0.25) is 9.93 Å². The Bertz CT molecular complexity index is 946. The van der Waals surface area contributed by atoms with Gasteiger partial charge in [-0.15, -0.1) is 0 Å². The molecule has 3 rings (SSSR count). The van der Waals surface area contributed by atoms with Crippen molar-refractivity contribution in [3.05, 3.63) is 53.6 Å². The third-order valence-electron chi connectivity index (χ3n) is 4.85. The maximum absolute atomic E-state index is 13.1. The SMILES string of the molecule is CCCN(CCC)C(=O)C1=Cc2ccc(-c3cccc(SN)c3)cc2N=C(N)C1. The minimum absolute atomic E-state index is 0.0523. The Hall–Kier alpha value is -2.57. The molecule has 0 saturated heterocycles. The second-order valence-corrected chi connectivity index (χ2v) is 7.87. The van der Waals surface area contributed by atoms with Crippen molar-refractivity contribution >= 4 is 35.5 Å². The van der Waals surface area contributed by atoms with Gasteiger partial charge in [-0.05, 0) is 60.2 Å². The van der Waals surface area contributed by atoms with Gasteiger partial charge in [-0.1, -0.05) is 38.1 Å². The molecule has 1 heterocycles. The average molecular weight is 409 g/mol. The number of nitrogens with zero attached hydrogens (tertiary/aromatic N) is 2. The van der Waals surface area contributed by atoms with Gasteiger partial charge in [-0.2, -0.15) is 0 Å². The van der Waals surface area contributed by atoms with Crippen molar-refractivity contribution in [2.24, 2.45) is 15.9 Å². The summed E-state index contributed by atoms with van der Waals surface area (Å²) in [6, 6.07) is 14.1. The van der Waals surface area contributed by atoms with E-state index >= 15 is 0 Å². The zero-order valence-corrected chi connectivity index (χ0v) is 17.8. The van der Waals surface area contributed by atoms with E-state index in [0.29, 0.717) is 17.8 Å². The summed E-state index contributed by atoms with van der Waals surface area (Å²) in [5, 5.41) is 5.69. The summed E-state index contributed by atoms with van der Waals surface area (Å²) < 4.78 is 0. The third-order valence-corrected chi connectivity index (χ3v) is 5.37. The van der Waals surface area contributed by atoms with E-state index in [2.05, 4.69) is 18.8 Å². The molecule has 4 N–H and O–H groups in total. The molecule has 6 heteroatoms. The highest BCUT2D eigenvalue weighted by molar-refractivity contribution is 7.97. The van der Waals surface area contributed by atoms with E-state index in [-0.39, 0.29) is 5.91 Å². The Labute approximate surface area is 177 Å². The number of amidine groups is 1. The summed E-state index contributed by atoms with van der Waals surface area (Å²) in [5.41, 5.74) is 10.7. The smallest absolute Gasteiger partial charge is 0.250 e. The fraction of sp³-hybridized carbons (Fsp3) is 0.304. The van der Waals surface area contributed by atoms with Crippen molar-refractivity contribution < 1.29 is 4.79 Å². The van der Waals surface area contributed by atoms with E-state index in [9.17, 15) is 4.79 Å². The molecule has 1 amide bonds. The molecule has 0 radical (unpaired) electrons. The van der Waals surface area contributed by atoms with Crippen molar-refractivity contribution in [3.8, 4) is 11.1 Å². The van der Waals surface area contributed by atoms with Crippen molar-refractivity contribution in [1.29, 1.82) is 0 Å². The molecule has 5 nitrogen and oxygen atoms in total. The lowest BCUT2D eigenvalue weighted by molar-refractivity contribution is -0.127. The highest BCUT2D eigenvalue weighted by Gasteiger charge is 2.21. The Morgan fingerprint density at radius 2 is 1.83 bits per heavy atom. The molecule has 0 spiro atoms. The molecule has 1 aliphatic rings. The number of rotatable bonds is 7. The van der Waals surface area contributed by atoms with Gasteiger partial charge >= 0.3 is 0 Å². The molecule has 2 aromatic rings. The monoisotopic (exact) mass is 408 g/mol. The molecule has 0 unspecified atom stereocenters. The molecule has 152 valence electrons. The second kappa shape index (κ2) is 9.76. The van der Waals surface area contributed by atoms with Crippen LogP contribution in [-0.4, -0.2) is 29.7 Å². The lowest BCUT2D eigenvalue weighted by atomic mass is 10.0. The molecular weight excluding hydrogens is 380 g/mol. The Kier molecular flexibility index (Phi) is 7.12. The van der Waals surface area contributed by atoms with Crippen molar-refractivity contribution in [3.63, 3.8) is 0 Å². The van der Waals surface area contributed by atoms with Gasteiger partial charge in [0.15, 0.2) is 0 Å². The lowest BCUT2D eigenvalue weighted by Crippen LogP contribution is -2.34. The number of amides is 1. The Morgan fingerprint density at radius 3 is 2.52 bits per heavy atom. The number of aliphatic imine (C=N–C) groups is 1. The number of benzene rings is 2. The van der Waals surface area contributed by atoms with E-state index in [1.165, 1.54) is 11.9 Å². The van der Waals surface area contributed by atoms with E-state index in [4.69, 9.17) is 10.9 Å². The largest absolute Gasteiger partial charge is 0.387 e. The van der Waals surface area contributed by atoms with Crippen LogP contribution in [-0.2, 0) is 4.79 Å². The summed E-state index contributed by atoms with van der Waals surface area (Å²) in [4.78, 5) is 20.6. The first-order chi connectivity index (χ1) is 14.0. The minimum atomic E-state index is 0.0523. The first kappa shape index (κ1) is 21.1. The fourth-order valence-corrected chi connectivity index (χ4v) is 3.87. The van der Waals surface area contributed by atoms with Gasteiger partial charge in [0.05, 0.1) is 5.69 Å². The highest BCUT2D eigenvalue weighted by Crippen LogP contribution is 2.33. The van der Waals surface area contributed by atoms with Gasteiger partial charge in [0, 0.05) is 35.5 Å². The molecule has 0 saturated carbocycles. The van der Waals surface area contributed by atoms with Crippen LogP contribution in [0.15, 0.2) is 57.9 Å². The third kappa shape index (κ3) is 5.08. The van der Waals surface area contributed by atoms with Gasteiger partial charge in [-0.25, -0.2) is 4.99 Å². The number of carbonyl (C=O) groups excluding carboxylic acids is 1. The molecule has 0 fully saturated rings. The van der Waals surface area contributed by atoms with Gasteiger partial charge in [0.1, 0.15) is 5.84 Å². The predicted molar refractivity (Wildman–Crippen MR) is 123 cm³/mol. The summed E-state index contributed by atoms with van der Waals surface area (Å²) in [6.07, 6.45) is 4.17. The van der Waals surface area contributed by atoms with Crippen LogP contribution in [0.5, 0.6) is 0 Å². The van der Waals surface area contributed by atoms with Crippen LogP contribution in [0.2, 0.25) is 0 Å². The average Bonchev–Trinajstić information content (AvgIpc) is 2.90. The number of nitrogens with two attached hydrogens (primary N) is 2. The van der Waals surface area contributed by atoms with Crippen molar-refractivity contribution in [2.45, 2.75) is 38.0 Å². The zero-order chi connectivity index (χ0) is 20.8. The molecule has 0 aliphatic carbocycles. The Morgan fingerprint density at radius 1 is 1.10 bits per heavy atom. The summed E-state index contributed by atoms with van der Waals surface area (Å²) in [6.45, 7) is 5.68. The first-order valence-corrected chi connectivity index (χ1v) is 10.9. The minimum Gasteiger partial charge on any atom is -0.387 e. The second-order valence-electron chi connectivity index (χ2n) is 7.16. The van der Waals surface area contributed by atoms with Crippen LogP contribution in [0.3, 0.4) is 0 Å².